The minimum atomic E-state index is -0.763. The van der Waals surface area contributed by atoms with Crippen LogP contribution in [0.2, 0.25) is 5.02 Å². The number of anilines is 3. The first-order valence-electron chi connectivity index (χ1n) is 11.3. The van der Waals surface area contributed by atoms with E-state index in [1.807, 2.05) is 43.5 Å². The molecule has 34 heavy (non-hydrogen) atoms. The summed E-state index contributed by atoms with van der Waals surface area (Å²) in [5.74, 6) is 0.948. The minimum Gasteiger partial charge on any atom is -0.363 e. The van der Waals surface area contributed by atoms with Gasteiger partial charge in [0.05, 0.1) is 17.4 Å². The van der Waals surface area contributed by atoms with Gasteiger partial charge in [0, 0.05) is 41.0 Å². The smallest absolute Gasteiger partial charge is 0.261 e. The molecular weight excluding hydrogens is 514 g/mol. The van der Waals surface area contributed by atoms with Crippen LogP contribution in [0.4, 0.5) is 17.2 Å². The summed E-state index contributed by atoms with van der Waals surface area (Å²) in [6, 6.07) is 19.6. The minimum absolute atomic E-state index is 0.0100. The van der Waals surface area contributed by atoms with Crippen LogP contribution in [0.25, 0.3) is 0 Å². The van der Waals surface area contributed by atoms with Gasteiger partial charge in [-0.1, -0.05) is 33.6 Å². The molecule has 3 aliphatic heterocycles. The first kappa shape index (κ1) is 21.6. The summed E-state index contributed by atoms with van der Waals surface area (Å²) in [6.45, 7) is 4.33. The maximum Gasteiger partial charge on any atom is 0.261 e. The summed E-state index contributed by atoms with van der Waals surface area (Å²) in [5, 5.41) is 7.01. The van der Waals surface area contributed by atoms with E-state index in [0.717, 1.165) is 40.3 Å². The fourth-order valence-electron chi connectivity index (χ4n) is 5.61. The van der Waals surface area contributed by atoms with E-state index >= 15 is 0 Å². The first-order chi connectivity index (χ1) is 16.5. The van der Waals surface area contributed by atoms with E-state index in [1.165, 1.54) is 5.69 Å². The number of hydrogen-bond acceptors (Lipinski definition) is 5. The lowest BCUT2D eigenvalue weighted by Crippen LogP contribution is -2.67. The Kier molecular flexibility index (Phi) is 5.15. The molecular formula is C26H23BrClN5O. The summed E-state index contributed by atoms with van der Waals surface area (Å²) in [7, 11) is 0. The van der Waals surface area contributed by atoms with Crippen LogP contribution in [0.1, 0.15) is 12.5 Å². The van der Waals surface area contributed by atoms with E-state index in [0.29, 0.717) is 18.0 Å². The number of aromatic nitrogens is 1. The number of nitrogens with zero attached hydrogens (tertiary/aromatic N) is 5. The Bertz CT molecular complexity index is 1300. The van der Waals surface area contributed by atoms with E-state index in [2.05, 4.69) is 48.9 Å². The molecule has 6 nitrogen and oxygen atoms in total. The molecule has 1 saturated heterocycles. The molecule has 2 atom stereocenters. The summed E-state index contributed by atoms with van der Waals surface area (Å²) in [5.41, 5.74) is 3.18. The third-order valence-electron chi connectivity index (χ3n) is 7.28. The predicted molar refractivity (Wildman–Crippen MR) is 140 cm³/mol. The van der Waals surface area contributed by atoms with Crippen LogP contribution in [0, 0.1) is 5.41 Å². The number of rotatable bonds is 2. The average molecular weight is 537 g/mol. The predicted octanol–water partition coefficient (Wildman–Crippen LogP) is 5.16. The van der Waals surface area contributed by atoms with Crippen molar-refractivity contribution < 1.29 is 4.79 Å². The van der Waals surface area contributed by atoms with E-state index in [9.17, 15) is 4.79 Å². The van der Waals surface area contributed by atoms with Crippen molar-refractivity contribution in [2.75, 3.05) is 34.4 Å². The van der Waals surface area contributed by atoms with E-state index in [1.54, 1.807) is 17.1 Å². The van der Waals surface area contributed by atoms with Crippen molar-refractivity contribution in [2.45, 2.75) is 19.4 Å². The second-order valence-corrected chi connectivity index (χ2v) is 10.4. The Balaban J connectivity index is 1.46. The fourth-order valence-corrected chi connectivity index (χ4v) is 6.14. The Hall–Kier alpha value is -2.90. The van der Waals surface area contributed by atoms with Gasteiger partial charge >= 0.3 is 0 Å². The Morgan fingerprint density at radius 3 is 2.68 bits per heavy atom. The fraction of sp³-hybridized carbons (Fsp3) is 0.269. The van der Waals surface area contributed by atoms with Gasteiger partial charge in [-0.05, 0) is 73.5 Å². The molecule has 0 unspecified atom stereocenters. The number of benzene rings is 2. The third kappa shape index (κ3) is 3.25. The van der Waals surface area contributed by atoms with Crippen molar-refractivity contribution >= 4 is 56.3 Å². The van der Waals surface area contributed by atoms with Crippen molar-refractivity contribution in [1.29, 1.82) is 0 Å². The first-order valence-corrected chi connectivity index (χ1v) is 12.5. The largest absolute Gasteiger partial charge is 0.363 e. The molecule has 1 aromatic heterocycles. The number of fused-ring (bicyclic) bond motifs is 4. The summed E-state index contributed by atoms with van der Waals surface area (Å²) >= 11 is 9.73. The second kappa shape index (κ2) is 8.10. The average Bonchev–Trinajstić information content (AvgIpc) is 3.10. The lowest BCUT2D eigenvalue weighted by Gasteiger charge is -2.53. The molecule has 1 amide bonds. The van der Waals surface area contributed by atoms with Gasteiger partial charge < -0.3 is 9.80 Å². The van der Waals surface area contributed by atoms with Crippen LogP contribution in [-0.2, 0) is 11.2 Å². The molecule has 0 aliphatic carbocycles. The van der Waals surface area contributed by atoms with Crippen LogP contribution in [0.15, 0.2) is 76.4 Å². The van der Waals surface area contributed by atoms with Crippen LogP contribution in [-0.4, -0.2) is 42.3 Å². The highest BCUT2D eigenvalue weighted by atomic mass is 79.9. The number of hydrazone groups is 1. The quantitative estimate of drug-likeness (QED) is 0.454. The maximum atomic E-state index is 14.3. The summed E-state index contributed by atoms with van der Waals surface area (Å²) in [6.07, 6.45) is 2.43. The van der Waals surface area contributed by atoms with Gasteiger partial charge in [0.25, 0.3) is 5.91 Å². The summed E-state index contributed by atoms with van der Waals surface area (Å²) in [4.78, 5) is 23.6. The van der Waals surface area contributed by atoms with Gasteiger partial charge in [-0.2, -0.15) is 10.1 Å². The number of hydrogen-bond donors (Lipinski definition) is 0. The van der Waals surface area contributed by atoms with E-state index < -0.39 is 5.41 Å². The second-order valence-electron chi connectivity index (χ2n) is 9.04. The normalized spacial score (nSPS) is 23.7. The molecule has 2 aromatic carbocycles. The lowest BCUT2D eigenvalue weighted by molar-refractivity contribution is -0.125. The van der Waals surface area contributed by atoms with Gasteiger partial charge in [0.2, 0.25) is 0 Å². The van der Waals surface area contributed by atoms with E-state index in [4.69, 9.17) is 16.7 Å². The van der Waals surface area contributed by atoms with Crippen LogP contribution < -0.4 is 14.8 Å². The molecule has 3 aromatic rings. The molecule has 0 radical (unpaired) electrons. The Morgan fingerprint density at radius 2 is 1.91 bits per heavy atom. The number of carbonyl (C=O) groups excluding carboxylic acids is 1. The van der Waals surface area contributed by atoms with Gasteiger partial charge in [-0.25, -0.2) is 4.98 Å². The van der Waals surface area contributed by atoms with Crippen LogP contribution in [0.5, 0.6) is 0 Å². The number of pyridine rings is 1. The van der Waals surface area contributed by atoms with Crippen molar-refractivity contribution in [3.63, 3.8) is 0 Å². The van der Waals surface area contributed by atoms with Gasteiger partial charge in [-0.15, -0.1) is 0 Å². The molecule has 3 aliphatic rings. The molecule has 0 bridgehead atoms. The van der Waals surface area contributed by atoms with Gasteiger partial charge in [0.15, 0.2) is 0 Å². The van der Waals surface area contributed by atoms with Crippen LogP contribution in [0.3, 0.4) is 0 Å². The molecule has 172 valence electrons. The number of carbonyl (C=O) groups is 1. The highest BCUT2D eigenvalue weighted by molar-refractivity contribution is 9.10. The van der Waals surface area contributed by atoms with Gasteiger partial charge in [0.1, 0.15) is 11.2 Å². The highest BCUT2D eigenvalue weighted by Gasteiger charge is 2.60. The standard InChI is InChI=1S/C26H23BrClN5O/c1-17-26(25(34)33(30-17)21-8-6-20(28)7-9-21)15-18-14-19(27)5-10-22(18)32-13-12-31(16-23(26)32)24-4-2-3-11-29-24/h2-11,14,23H,12-13,15-16H2,1H3/t23-,26+/m0/s1. The highest BCUT2D eigenvalue weighted by Crippen LogP contribution is 2.49. The van der Waals surface area contributed by atoms with Crippen molar-refractivity contribution in [2.24, 2.45) is 10.5 Å². The van der Waals surface area contributed by atoms with Crippen LogP contribution >= 0.6 is 27.5 Å². The molecule has 1 fully saturated rings. The zero-order chi connectivity index (χ0) is 23.4. The zero-order valence-electron chi connectivity index (χ0n) is 18.7. The molecule has 0 saturated carbocycles. The zero-order valence-corrected chi connectivity index (χ0v) is 21.0. The third-order valence-corrected chi connectivity index (χ3v) is 8.03. The summed E-state index contributed by atoms with van der Waals surface area (Å²) < 4.78 is 1.02. The Morgan fingerprint density at radius 1 is 1.09 bits per heavy atom. The van der Waals surface area contributed by atoms with Crippen molar-refractivity contribution in [3.05, 3.63) is 81.9 Å². The monoisotopic (exact) mass is 535 g/mol. The van der Waals surface area contributed by atoms with E-state index in [-0.39, 0.29) is 11.9 Å². The molecule has 0 N–H and O–H groups in total. The molecule has 6 rings (SSSR count). The van der Waals surface area contributed by atoms with Gasteiger partial charge in [-0.3, -0.25) is 4.79 Å². The number of halogens is 2. The molecule has 1 spiro atoms. The Labute approximate surface area is 212 Å². The maximum absolute atomic E-state index is 14.3. The van der Waals surface area contributed by atoms with Crippen molar-refractivity contribution in [1.82, 2.24) is 4.98 Å². The SMILES string of the molecule is CC1=NN(c2ccc(Cl)cc2)C(=O)[C@]12Cc1cc(Br)ccc1N1CCN(c3ccccn3)C[C@H]12. The van der Waals surface area contributed by atoms with Crippen molar-refractivity contribution in [3.8, 4) is 0 Å². The topological polar surface area (TPSA) is 52.0 Å². The lowest BCUT2D eigenvalue weighted by atomic mass is 9.67. The molecule has 8 heteroatoms. The molecule has 4 heterocycles. The number of piperazine rings is 1. The number of amides is 1.